The zero-order valence-corrected chi connectivity index (χ0v) is 16.8. The van der Waals surface area contributed by atoms with Crippen LogP contribution in [0.25, 0.3) is 0 Å². The number of H-pyrrole nitrogens is 1. The molecule has 0 aliphatic carbocycles. The van der Waals surface area contributed by atoms with Crippen molar-refractivity contribution in [2.75, 3.05) is 0 Å². The summed E-state index contributed by atoms with van der Waals surface area (Å²) in [5.74, 6) is 0.754. The lowest BCUT2D eigenvalue weighted by molar-refractivity contribution is 0.516. The molecule has 136 valence electrons. The molecular formula is C18H21ClN6S. The number of halogens is 1. The van der Waals surface area contributed by atoms with E-state index in [0.717, 1.165) is 22.6 Å². The van der Waals surface area contributed by atoms with E-state index in [-0.39, 0.29) is 5.41 Å². The first-order valence-electron chi connectivity index (χ1n) is 8.26. The first-order chi connectivity index (χ1) is 12.3. The molecule has 1 N–H and O–H groups in total. The van der Waals surface area contributed by atoms with Crippen molar-refractivity contribution in [3.8, 4) is 0 Å². The van der Waals surface area contributed by atoms with E-state index < -0.39 is 0 Å². The highest BCUT2D eigenvalue weighted by Gasteiger charge is 2.21. The molecule has 0 unspecified atom stereocenters. The first-order valence-corrected chi connectivity index (χ1v) is 9.05. The molecule has 2 aromatic heterocycles. The largest absolute Gasteiger partial charge is 0.250 e. The third-order valence-electron chi connectivity index (χ3n) is 3.91. The first kappa shape index (κ1) is 18.5. The molecule has 8 heteroatoms. The SMILES string of the molecule is Cc1nn(Cc2ccccc2)c(Cl)c1/C=N\n1c(C(C)(C)C)n[nH]c1=S. The van der Waals surface area contributed by atoms with E-state index in [4.69, 9.17) is 23.8 Å². The second-order valence-electron chi connectivity index (χ2n) is 7.09. The van der Waals surface area contributed by atoms with Crippen LogP contribution in [-0.2, 0) is 12.0 Å². The van der Waals surface area contributed by atoms with Gasteiger partial charge in [-0.3, -0.25) is 5.10 Å². The van der Waals surface area contributed by atoms with Crippen molar-refractivity contribution in [3.63, 3.8) is 0 Å². The Morgan fingerprint density at radius 1 is 1.27 bits per heavy atom. The van der Waals surface area contributed by atoms with Crippen LogP contribution >= 0.6 is 23.8 Å². The highest BCUT2D eigenvalue weighted by atomic mass is 35.5. The van der Waals surface area contributed by atoms with Gasteiger partial charge in [0.15, 0.2) is 5.82 Å². The lowest BCUT2D eigenvalue weighted by atomic mass is 9.96. The van der Waals surface area contributed by atoms with Crippen LogP contribution < -0.4 is 0 Å². The Hall–Kier alpha value is -2.25. The summed E-state index contributed by atoms with van der Waals surface area (Å²) >= 11 is 11.8. The van der Waals surface area contributed by atoms with Crippen molar-refractivity contribution in [2.24, 2.45) is 5.10 Å². The summed E-state index contributed by atoms with van der Waals surface area (Å²) < 4.78 is 3.84. The number of nitrogens with one attached hydrogen (secondary N) is 1. The smallest absolute Gasteiger partial charge is 0.216 e. The summed E-state index contributed by atoms with van der Waals surface area (Å²) in [4.78, 5) is 0. The van der Waals surface area contributed by atoms with Gasteiger partial charge in [-0.15, -0.1) is 0 Å². The summed E-state index contributed by atoms with van der Waals surface area (Å²) in [6, 6.07) is 10.1. The van der Waals surface area contributed by atoms with Gasteiger partial charge in [-0.25, -0.2) is 4.68 Å². The third-order valence-corrected chi connectivity index (χ3v) is 4.57. The fraction of sp³-hybridized carbons (Fsp3) is 0.333. The molecule has 26 heavy (non-hydrogen) atoms. The zero-order chi connectivity index (χ0) is 18.9. The molecule has 0 bridgehead atoms. The average Bonchev–Trinajstić information content (AvgIpc) is 3.07. The summed E-state index contributed by atoms with van der Waals surface area (Å²) in [5.41, 5.74) is 2.52. The van der Waals surface area contributed by atoms with E-state index in [2.05, 4.69) is 41.2 Å². The maximum Gasteiger partial charge on any atom is 0.216 e. The Labute approximate surface area is 162 Å². The Balaban J connectivity index is 1.93. The van der Waals surface area contributed by atoms with Gasteiger partial charge in [0, 0.05) is 5.41 Å². The fourth-order valence-corrected chi connectivity index (χ4v) is 3.04. The van der Waals surface area contributed by atoms with Crippen LogP contribution in [0.4, 0.5) is 0 Å². The second-order valence-corrected chi connectivity index (χ2v) is 7.84. The highest BCUT2D eigenvalue weighted by Crippen LogP contribution is 2.22. The van der Waals surface area contributed by atoms with Gasteiger partial charge in [0.25, 0.3) is 0 Å². The van der Waals surface area contributed by atoms with Crippen LogP contribution in [-0.4, -0.2) is 30.9 Å². The van der Waals surface area contributed by atoms with Crippen molar-refractivity contribution in [2.45, 2.75) is 39.7 Å². The van der Waals surface area contributed by atoms with Crippen molar-refractivity contribution in [3.05, 3.63) is 62.9 Å². The van der Waals surface area contributed by atoms with Gasteiger partial charge < -0.3 is 0 Å². The molecule has 3 aromatic rings. The van der Waals surface area contributed by atoms with Gasteiger partial charge in [0.2, 0.25) is 4.77 Å². The number of aryl methyl sites for hydroxylation is 1. The minimum Gasteiger partial charge on any atom is -0.250 e. The lowest BCUT2D eigenvalue weighted by Crippen LogP contribution is -2.17. The van der Waals surface area contributed by atoms with Crippen LogP contribution in [0.3, 0.4) is 0 Å². The number of hydrogen-bond acceptors (Lipinski definition) is 4. The fourth-order valence-electron chi connectivity index (χ4n) is 2.57. The van der Waals surface area contributed by atoms with Gasteiger partial charge in [-0.2, -0.15) is 20.0 Å². The van der Waals surface area contributed by atoms with Crippen molar-refractivity contribution in [1.82, 2.24) is 24.7 Å². The van der Waals surface area contributed by atoms with E-state index in [9.17, 15) is 0 Å². The van der Waals surface area contributed by atoms with E-state index in [1.54, 1.807) is 15.6 Å². The number of benzene rings is 1. The molecule has 0 aliphatic rings. The number of aromatic nitrogens is 5. The highest BCUT2D eigenvalue weighted by molar-refractivity contribution is 7.71. The summed E-state index contributed by atoms with van der Waals surface area (Å²) in [6.07, 6.45) is 1.69. The topological polar surface area (TPSA) is 63.8 Å². The quantitative estimate of drug-likeness (QED) is 0.534. The molecule has 0 aliphatic heterocycles. The van der Waals surface area contributed by atoms with Crippen molar-refractivity contribution < 1.29 is 0 Å². The van der Waals surface area contributed by atoms with Gasteiger partial charge in [-0.05, 0) is 24.7 Å². The Morgan fingerprint density at radius 2 is 1.96 bits per heavy atom. The Kier molecular flexibility index (Phi) is 5.11. The molecule has 0 amide bonds. The summed E-state index contributed by atoms with van der Waals surface area (Å²) in [7, 11) is 0. The zero-order valence-electron chi connectivity index (χ0n) is 15.2. The third kappa shape index (κ3) is 3.78. The lowest BCUT2D eigenvalue weighted by Gasteiger charge is -2.15. The average molecular weight is 389 g/mol. The maximum atomic E-state index is 6.54. The summed E-state index contributed by atoms with van der Waals surface area (Å²) in [5, 5.41) is 16.7. The molecule has 2 heterocycles. The van der Waals surface area contributed by atoms with Gasteiger partial charge in [0.1, 0.15) is 5.15 Å². The second kappa shape index (κ2) is 7.17. The molecule has 1 aromatic carbocycles. The van der Waals surface area contributed by atoms with Crippen molar-refractivity contribution >= 4 is 30.0 Å². The Morgan fingerprint density at radius 3 is 2.62 bits per heavy atom. The van der Waals surface area contributed by atoms with Crippen molar-refractivity contribution in [1.29, 1.82) is 0 Å². The maximum absolute atomic E-state index is 6.54. The summed E-state index contributed by atoms with van der Waals surface area (Å²) in [6.45, 7) is 8.68. The molecule has 0 radical (unpaired) electrons. The molecule has 0 saturated heterocycles. The minimum atomic E-state index is -0.193. The van der Waals surface area contributed by atoms with Gasteiger partial charge in [0.05, 0.1) is 24.0 Å². The molecule has 0 atom stereocenters. The normalized spacial score (nSPS) is 12.2. The minimum absolute atomic E-state index is 0.193. The van der Waals surface area contributed by atoms with E-state index in [0.29, 0.717) is 16.5 Å². The molecule has 0 fully saturated rings. The van der Waals surface area contributed by atoms with Crippen LogP contribution in [0.1, 0.15) is 43.4 Å². The number of rotatable bonds is 4. The number of aromatic amines is 1. The molecule has 0 spiro atoms. The number of hydrogen-bond donors (Lipinski definition) is 1. The standard InChI is InChI=1S/C18H21ClN6S/c1-12-14(10-20-25-16(18(2,3)4)21-22-17(25)26)15(19)24(23-12)11-13-8-6-5-7-9-13/h5-10H,11H2,1-4H3,(H,22,26)/b20-10-. The van der Waals surface area contributed by atoms with E-state index >= 15 is 0 Å². The van der Waals surface area contributed by atoms with Crippen LogP contribution in [0.5, 0.6) is 0 Å². The van der Waals surface area contributed by atoms with Crippen LogP contribution in [0, 0.1) is 11.7 Å². The molecule has 3 rings (SSSR count). The van der Waals surface area contributed by atoms with E-state index in [1.807, 2.05) is 37.3 Å². The molecular weight excluding hydrogens is 368 g/mol. The monoisotopic (exact) mass is 388 g/mol. The molecule has 6 nitrogen and oxygen atoms in total. The molecule has 0 saturated carbocycles. The van der Waals surface area contributed by atoms with Crippen LogP contribution in [0.2, 0.25) is 5.15 Å². The van der Waals surface area contributed by atoms with Gasteiger partial charge in [-0.1, -0.05) is 62.7 Å². The van der Waals surface area contributed by atoms with E-state index in [1.165, 1.54) is 0 Å². The Bertz CT molecular complexity index is 991. The van der Waals surface area contributed by atoms with Crippen LogP contribution in [0.15, 0.2) is 35.4 Å². The predicted octanol–water partition coefficient (Wildman–Crippen LogP) is 4.33. The number of nitrogens with zero attached hydrogens (tertiary/aromatic N) is 5. The van der Waals surface area contributed by atoms with Gasteiger partial charge >= 0.3 is 0 Å². The predicted molar refractivity (Wildman–Crippen MR) is 107 cm³/mol.